The van der Waals surface area contributed by atoms with Crippen LogP contribution in [0.2, 0.25) is 0 Å². The number of rotatable bonds is 12. The molecule has 0 amide bonds. The SMILES string of the molecule is CCCCOC(=O)Oc1c(OC(=O)OCCCC)c2c(c3c1S/C(=C(\C#N)C(=O)OCC)S3)S/C(=C(/C#N)C(=O)OCC)S2. The van der Waals surface area contributed by atoms with Crippen molar-refractivity contribution in [2.45, 2.75) is 73.0 Å². The second-order valence-corrected chi connectivity index (χ2v) is 13.1. The summed E-state index contributed by atoms with van der Waals surface area (Å²) in [7, 11) is 0. The van der Waals surface area contributed by atoms with E-state index in [2.05, 4.69) is 0 Å². The fraction of sp³-hybridized carbons (Fsp3) is 0.429. The Balaban J connectivity index is 2.24. The fourth-order valence-electron chi connectivity index (χ4n) is 3.37. The molecule has 0 fully saturated rings. The van der Waals surface area contributed by atoms with Crippen LogP contribution in [0.1, 0.15) is 53.4 Å². The van der Waals surface area contributed by atoms with Crippen molar-refractivity contribution in [1.82, 2.24) is 0 Å². The van der Waals surface area contributed by atoms with E-state index >= 15 is 0 Å². The number of carbonyl (C=O) groups is 4. The van der Waals surface area contributed by atoms with E-state index in [-0.39, 0.29) is 67.3 Å². The zero-order valence-electron chi connectivity index (χ0n) is 24.3. The summed E-state index contributed by atoms with van der Waals surface area (Å²) >= 11 is 3.95. The van der Waals surface area contributed by atoms with Crippen molar-refractivity contribution in [1.29, 1.82) is 10.5 Å². The Bertz CT molecular complexity index is 1370. The van der Waals surface area contributed by atoms with Crippen molar-refractivity contribution in [3.63, 3.8) is 0 Å². The standard InChI is InChI=1S/C28H28N2O10S4/c1-5-9-11-37-27(33)39-17-18(40-28(34)38-12-10-6-2)20-22(44-26(42-20)16(14-30)24(32)36-8-4)21-19(17)41-25(43-21)15(13-29)23(31)35-7-3/h5-12H2,1-4H3/b25-15-,26-16-. The highest BCUT2D eigenvalue weighted by Gasteiger charge is 2.41. The lowest BCUT2D eigenvalue weighted by Gasteiger charge is -2.16. The van der Waals surface area contributed by atoms with Gasteiger partial charge in [-0.2, -0.15) is 10.5 Å². The number of hydrogen-bond donors (Lipinski definition) is 0. The molecule has 0 N–H and O–H groups in total. The Labute approximate surface area is 271 Å². The van der Waals surface area contributed by atoms with E-state index in [0.717, 1.165) is 59.9 Å². The molecule has 0 atom stereocenters. The van der Waals surface area contributed by atoms with Crippen LogP contribution in [0.4, 0.5) is 9.59 Å². The Kier molecular flexibility index (Phi) is 13.7. The van der Waals surface area contributed by atoms with Gasteiger partial charge in [0.1, 0.15) is 12.1 Å². The van der Waals surface area contributed by atoms with Gasteiger partial charge >= 0.3 is 24.2 Å². The van der Waals surface area contributed by atoms with Crippen molar-refractivity contribution in [3.8, 4) is 23.6 Å². The maximum atomic E-state index is 12.8. The predicted molar refractivity (Wildman–Crippen MR) is 162 cm³/mol. The average molecular weight is 681 g/mol. The largest absolute Gasteiger partial charge is 0.514 e. The summed E-state index contributed by atoms with van der Waals surface area (Å²) in [6, 6.07) is 3.73. The summed E-state index contributed by atoms with van der Waals surface area (Å²) in [5.74, 6) is -2.12. The molecule has 0 bridgehead atoms. The molecule has 0 aromatic heterocycles. The molecule has 1 aromatic rings. The van der Waals surface area contributed by atoms with E-state index in [1.165, 1.54) is 0 Å². The van der Waals surface area contributed by atoms with E-state index in [1.807, 2.05) is 26.0 Å². The molecule has 2 heterocycles. The molecule has 16 heteroatoms. The van der Waals surface area contributed by atoms with Gasteiger partial charge in [0.15, 0.2) is 22.6 Å². The van der Waals surface area contributed by atoms with E-state index in [4.69, 9.17) is 28.4 Å². The number of esters is 2. The minimum atomic E-state index is -1.07. The Morgan fingerprint density at radius 1 is 0.591 bits per heavy atom. The first-order chi connectivity index (χ1) is 21.2. The van der Waals surface area contributed by atoms with Gasteiger partial charge in [-0.1, -0.05) is 73.7 Å². The van der Waals surface area contributed by atoms with Crippen LogP contribution in [0.25, 0.3) is 0 Å². The lowest BCUT2D eigenvalue weighted by atomic mass is 10.3. The molecule has 0 saturated carbocycles. The maximum absolute atomic E-state index is 12.8. The number of fused-ring (bicyclic) bond motifs is 3. The number of nitriles is 2. The van der Waals surface area contributed by atoms with Crippen LogP contribution < -0.4 is 9.47 Å². The first-order valence-electron chi connectivity index (χ1n) is 13.5. The molecule has 12 nitrogen and oxygen atoms in total. The molecule has 234 valence electrons. The van der Waals surface area contributed by atoms with Crippen molar-refractivity contribution in [2.24, 2.45) is 0 Å². The van der Waals surface area contributed by atoms with Gasteiger partial charge in [0.05, 0.1) is 44.7 Å². The highest BCUT2D eigenvalue weighted by atomic mass is 32.2. The molecule has 2 aliphatic heterocycles. The van der Waals surface area contributed by atoms with Gasteiger partial charge in [0, 0.05) is 9.79 Å². The molecule has 0 aliphatic carbocycles. The smallest absolute Gasteiger partial charge is 0.462 e. The normalized spacial score (nSPS) is 15.1. The Morgan fingerprint density at radius 2 is 0.955 bits per heavy atom. The number of carbonyl (C=O) groups excluding carboxylic acids is 4. The third-order valence-corrected chi connectivity index (χ3v) is 10.8. The number of benzene rings is 1. The summed E-state index contributed by atoms with van der Waals surface area (Å²) in [5.41, 5.74) is -0.555. The van der Waals surface area contributed by atoms with Crippen LogP contribution in [-0.2, 0) is 28.5 Å². The van der Waals surface area contributed by atoms with Crippen LogP contribution in [0.15, 0.2) is 39.2 Å². The van der Waals surface area contributed by atoms with Gasteiger partial charge in [-0.3, -0.25) is 0 Å². The molecule has 1 aromatic carbocycles. The van der Waals surface area contributed by atoms with Crippen molar-refractivity contribution >= 4 is 71.3 Å². The minimum Gasteiger partial charge on any atom is -0.462 e. The van der Waals surface area contributed by atoms with Crippen LogP contribution >= 0.6 is 47.0 Å². The molecule has 0 unspecified atom stereocenters. The molecule has 3 rings (SSSR count). The molecule has 0 spiro atoms. The summed E-state index contributed by atoms with van der Waals surface area (Å²) in [6.45, 7) is 7.28. The van der Waals surface area contributed by atoms with Crippen molar-refractivity contribution < 1.29 is 47.6 Å². The summed E-state index contributed by atoms with van der Waals surface area (Å²) in [6.07, 6.45) is 0.533. The fourth-order valence-corrected chi connectivity index (χ4v) is 8.85. The summed E-state index contributed by atoms with van der Waals surface area (Å²) < 4.78 is 32.2. The second kappa shape index (κ2) is 17.2. The molecular formula is C28H28N2O10S4. The van der Waals surface area contributed by atoms with Gasteiger partial charge in [0.25, 0.3) is 0 Å². The second-order valence-electron chi connectivity index (χ2n) is 8.48. The third-order valence-electron chi connectivity index (χ3n) is 5.41. The third kappa shape index (κ3) is 8.38. The Morgan fingerprint density at radius 3 is 1.27 bits per heavy atom. The van der Waals surface area contributed by atoms with E-state index < -0.39 is 24.2 Å². The van der Waals surface area contributed by atoms with Crippen LogP contribution in [0, 0.1) is 22.7 Å². The van der Waals surface area contributed by atoms with Gasteiger partial charge in [-0.05, 0) is 26.7 Å². The number of thioether (sulfide) groups is 4. The number of unbranched alkanes of at least 4 members (excludes halogenated alkanes) is 2. The highest BCUT2D eigenvalue weighted by molar-refractivity contribution is 8.27. The van der Waals surface area contributed by atoms with Gasteiger partial charge in [-0.15, -0.1) is 0 Å². The zero-order chi connectivity index (χ0) is 32.2. The average Bonchev–Trinajstić information content (AvgIpc) is 3.61. The monoisotopic (exact) mass is 680 g/mol. The van der Waals surface area contributed by atoms with Crippen LogP contribution in [-0.4, -0.2) is 50.7 Å². The molecule has 0 radical (unpaired) electrons. The zero-order valence-corrected chi connectivity index (χ0v) is 27.5. The van der Waals surface area contributed by atoms with Crippen molar-refractivity contribution in [2.75, 3.05) is 26.4 Å². The van der Waals surface area contributed by atoms with Gasteiger partial charge in [0.2, 0.25) is 0 Å². The Hall–Kier alpha value is -3.44. The number of nitrogens with zero attached hydrogens (tertiary/aromatic N) is 2. The predicted octanol–water partition coefficient (Wildman–Crippen LogP) is 7.31. The summed E-state index contributed by atoms with van der Waals surface area (Å²) in [5, 5.41) is 19.6. The van der Waals surface area contributed by atoms with Crippen LogP contribution in [0.3, 0.4) is 0 Å². The number of ether oxygens (including phenoxy) is 6. The molecule has 44 heavy (non-hydrogen) atoms. The maximum Gasteiger partial charge on any atom is 0.514 e. The molecular weight excluding hydrogens is 653 g/mol. The van der Waals surface area contributed by atoms with Gasteiger partial charge in [-0.25, -0.2) is 19.2 Å². The minimum absolute atomic E-state index is 0.0382. The van der Waals surface area contributed by atoms with E-state index in [1.54, 1.807) is 13.8 Å². The molecule has 2 aliphatic rings. The quantitative estimate of drug-likeness (QED) is 0.0536. The number of hydrogen-bond acceptors (Lipinski definition) is 16. The van der Waals surface area contributed by atoms with E-state index in [9.17, 15) is 29.7 Å². The summed E-state index contributed by atoms with van der Waals surface area (Å²) in [4.78, 5) is 52.1. The highest BCUT2D eigenvalue weighted by Crippen LogP contribution is 2.68. The lowest BCUT2D eigenvalue weighted by molar-refractivity contribution is -0.138. The molecule has 0 saturated heterocycles. The first kappa shape index (κ1) is 35.0. The van der Waals surface area contributed by atoms with Gasteiger partial charge < -0.3 is 28.4 Å². The topological polar surface area (TPSA) is 171 Å². The van der Waals surface area contributed by atoms with Crippen LogP contribution in [0.5, 0.6) is 11.5 Å². The lowest BCUT2D eigenvalue weighted by Crippen LogP contribution is -2.16. The van der Waals surface area contributed by atoms with Crippen molar-refractivity contribution in [3.05, 3.63) is 19.6 Å². The first-order valence-corrected chi connectivity index (χ1v) is 16.8. The van der Waals surface area contributed by atoms with E-state index in [0.29, 0.717) is 22.6 Å².